The van der Waals surface area contributed by atoms with Crippen molar-refractivity contribution in [3.63, 3.8) is 0 Å². The standard InChI is InChI=1S/C19H29NO3/c1-12(2)7-14-11-20-6-5-13-8-18(22-3)19(23-4)9-15(13)16(20)10-17(14)21/h8-9,12,14,16-17,21H,5-7,10-11H2,1-4H3/i5D2,6D2,8D,9D,10D2,11D2,16D,17D. The summed E-state index contributed by atoms with van der Waals surface area (Å²) in [5.41, 5.74) is -1.82. The summed E-state index contributed by atoms with van der Waals surface area (Å²) in [5.74, 6) is -3.21. The van der Waals surface area contributed by atoms with Crippen molar-refractivity contribution in [1.29, 1.82) is 0 Å². The summed E-state index contributed by atoms with van der Waals surface area (Å²) in [7, 11) is 2.20. The van der Waals surface area contributed by atoms with Gasteiger partial charge in [-0.25, -0.2) is 0 Å². The van der Waals surface area contributed by atoms with Gasteiger partial charge in [0.05, 0.1) is 25.8 Å². The number of methoxy groups -OCH3 is 2. The zero-order valence-corrected chi connectivity index (χ0v) is 13.6. The predicted octanol–water partition coefficient (Wildman–Crippen LogP) is 3.03. The molecule has 0 spiro atoms. The van der Waals surface area contributed by atoms with Crippen LogP contribution in [0.25, 0.3) is 0 Å². The Hall–Kier alpha value is -1.26. The number of piperidine rings is 1. The molecule has 23 heavy (non-hydrogen) atoms. The molecule has 1 aromatic carbocycles. The van der Waals surface area contributed by atoms with E-state index < -0.39 is 78.5 Å². The van der Waals surface area contributed by atoms with Gasteiger partial charge < -0.3 is 14.6 Å². The summed E-state index contributed by atoms with van der Waals surface area (Å²) in [5, 5.41) is 11.2. The maximum absolute atomic E-state index is 11.2. The molecule has 4 nitrogen and oxygen atoms in total. The molecule has 0 amide bonds. The molecule has 1 aromatic rings. The van der Waals surface area contributed by atoms with E-state index in [1.165, 1.54) is 0 Å². The minimum absolute atomic E-state index is 0.0504. The van der Waals surface area contributed by atoms with Crippen molar-refractivity contribution < 1.29 is 31.0 Å². The van der Waals surface area contributed by atoms with Crippen LogP contribution in [0.3, 0.4) is 0 Å². The molecular formula is C19H29NO3. The van der Waals surface area contributed by atoms with Gasteiger partial charge in [0, 0.05) is 30.0 Å². The van der Waals surface area contributed by atoms with Gasteiger partial charge in [-0.05, 0) is 54.2 Å². The van der Waals surface area contributed by atoms with E-state index in [9.17, 15) is 6.48 Å². The Morgan fingerprint density at radius 2 is 2.09 bits per heavy atom. The quantitative estimate of drug-likeness (QED) is 0.921. The first-order valence-electron chi connectivity index (χ1n) is 13.4. The highest BCUT2D eigenvalue weighted by atomic mass is 16.5. The molecule has 1 saturated heterocycles. The fraction of sp³-hybridized carbons (Fsp3) is 0.684. The van der Waals surface area contributed by atoms with Crippen molar-refractivity contribution in [2.45, 2.75) is 45.1 Å². The Morgan fingerprint density at radius 3 is 2.74 bits per heavy atom. The summed E-state index contributed by atoms with van der Waals surface area (Å²) >= 11 is 0. The zero-order chi connectivity index (χ0) is 27.3. The maximum atomic E-state index is 11.2. The van der Waals surface area contributed by atoms with Crippen LogP contribution in [0.5, 0.6) is 11.5 Å². The molecule has 2 aliphatic heterocycles. The third-order valence-electron chi connectivity index (χ3n) is 3.66. The van der Waals surface area contributed by atoms with E-state index in [-0.39, 0.29) is 17.2 Å². The van der Waals surface area contributed by atoms with Gasteiger partial charge in [0.1, 0.15) is 0 Å². The smallest absolute Gasteiger partial charge is 0.161 e. The Morgan fingerprint density at radius 1 is 1.39 bits per heavy atom. The normalized spacial score (nSPS) is 50.3. The first-order valence-corrected chi connectivity index (χ1v) is 7.42. The molecule has 1 N–H and O–H groups in total. The van der Waals surface area contributed by atoms with Crippen molar-refractivity contribution in [1.82, 2.24) is 4.90 Å². The average molecular weight is 332 g/mol. The van der Waals surface area contributed by atoms with Crippen LogP contribution in [-0.2, 0) is 6.37 Å². The van der Waals surface area contributed by atoms with Crippen LogP contribution in [-0.4, -0.2) is 43.3 Å². The highest BCUT2D eigenvalue weighted by molar-refractivity contribution is 5.49. The predicted molar refractivity (Wildman–Crippen MR) is 91.1 cm³/mol. The molecule has 128 valence electrons. The van der Waals surface area contributed by atoms with Crippen LogP contribution >= 0.6 is 0 Å². The highest BCUT2D eigenvalue weighted by Crippen LogP contribution is 2.43. The zero-order valence-electron chi connectivity index (χ0n) is 25.6. The largest absolute Gasteiger partial charge is 0.493 e. The molecule has 0 radical (unpaired) electrons. The third kappa shape index (κ3) is 3.20. The molecule has 0 aliphatic carbocycles. The molecule has 0 saturated carbocycles. The van der Waals surface area contributed by atoms with Gasteiger partial charge in [-0.1, -0.05) is 13.8 Å². The summed E-state index contributed by atoms with van der Waals surface area (Å²) in [6.07, 6.45) is -10.3. The SMILES string of the molecule is [2H]c1c(OC)c(OC)c([2H])c2c1C([2H])([2H])C([2H])([2H])N1C([2H])([2H])C(CC(C)C)C([2H])(O)C([2H])([2H])C21[2H]. The molecular weight excluding hydrogens is 290 g/mol. The van der Waals surface area contributed by atoms with Gasteiger partial charge in [0.15, 0.2) is 11.5 Å². The lowest BCUT2D eigenvalue weighted by molar-refractivity contribution is -0.0191. The highest BCUT2D eigenvalue weighted by Gasteiger charge is 2.38. The van der Waals surface area contributed by atoms with Crippen LogP contribution in [0.2, 0.25) is 0 Å². The second kappa shape index (κ2) is 6.70. The molecule has 0 bridgehead atoms. The number of rotatable bonds is 4. The van der Waals surface area contributed by atoms with E-state index in [1.54, 1.807) is 13.8 Å². The van der Waals surface area contributed by atoms with E-state index in [2.05, 4.69) is 0 Å². The minimum atomic E-state index is -3.48. The van der Waals surface area contributed by atoms with Crippen molar-refractivity contribution in [3.05, 3.63) is 23.2 Å². The lowest BCUT2D eigenvalue weighted by Crippen LogP contribution is -2.48. The minimum Gasteiger partial charge on any atom is -0.493 e. The molecule has 2 aliphatic rings. The molecule has 3 rings (SSSR count). The number of aliphatic hydroxyl groups is 1. The van der Waals surface area contributed by atoms with Gasteiger partial charge in [0.2, 0.25) is 0 Å². The van der Waals surface area contributed by atoms with Crippen molar-refractivity contribution in [2.75, 3.05) is 27.2 Å². The molecule has 2 heterocycles. The van der Waals surface area contributed by atoms with E-state index in [1.807, 2.05) is 0 Å². The summed E-state index contributed by atoms with van der Waals surface area (Å²) in [6, 6.07) is -5.02. The van der Waals surface area contributed by atoms with Crippen LogP contribution in [0.4, 0.5) is 0 Å². The number of hydrogen-bond donors (Lipinski definition) is 1. The van der Waals surface area contributed by atoms with Crippen LogP contribution < -0.4 is 9.47 Å². The fourth-order valence-electron chi connectivity index (χ4n) is 2.58. The second-order valence-corrected chi connectivity index (χ2v) is 5.81. The molecule has 4 heteroatoms. The van der Waals surface area contributed by atoms with E-state index in [0.29, 0.717) is 0 Å². The number of benzene rings is 1. The van der Waals surface area contributed by atoms with Crippen LogP contribution in [0.1, 0.15) is 60.2 Å². The Labute approximate surface area is 156 Å². The van der Waals surface area contributed by atoms with Gasteiger partial charge in [-0.2, -0.15) is 0 Å². The molecule has 1 fully saturated rings. The molecule has 3 unspecified atom stereocenters. The van der Waals surface area contributed by atoms with Crippen molar-refractivity contribution in [2.24, 2.45) is 11.8 Å². The second-order valence-electron chi connectivity index (χ2n) is 5.81. The summed E-state index contributed by atoms with van der Waals surface area (Å²) in [4.78, 5) is 0.0504. The van der Waals surface area contributed by atoms with Crippen molar-refractivity contribution in [3.8, 4) is 11.5 Å². The van der Waals surface area contributed by atoms with E-state index in [0.717, 1.165) is 14.2 Å². The summed E-state index contributed by atoms with van der Waals surface area (Å²) in [6.45, 7) is -3.33. The van der Waals surface area contributed by atoms with Crippen molar-refractivity contribution >= 4 is 0 Å². The summed E-state index contributed by atoms with van der Waals surface area (Å²) < 4.78 is 115. The average Bonchev–Trinajstić information content (AvgIpc) is 2.69. The first kappa shape index (κ1) is 7.32. The van der Waals surface area contributed by atoms with Gasteiger partial charge >= 0.3 is 0 Å². The topological polar surface area (TPSA) is 41.9 Å². The maximum Gasteiger partial charge on any atom is 0.161 e. The van der Waals surface area contributed by atoms with Gasteiger partial charge in [-0.3, -0.25) is 4.90 Å². The Balaban J connectivity index is 2.63. The third-order valence-corrected chi connectivity index (χ3v) is 3.66. The fourth-order valence-corrected chi connectivity index (χ4v) is 2.58. The lowest BCUT2D eigenvalue weighted by Gasteiger charge is -2.46. The Bertz CT molecular complexity index is 1040. The van der Waals surface area contributed by atoms with Gasteiger partial charge in [-0.15, -0.1) is 0 Å². The van der Waals surface area contributed by atoms with E-state index >= 15 is 0 Å². The number of nitrogens with zero attached hydrogens (tertiary/aromatic N) is 1. The Kier molecular flexibility index (Phi) is 2.13. The molecule has 3 atom stereocenters. The monoisotopic (exact) mass is 331 g/mol. The molecule has 0 aromatic heterocycles. The first-order chi connectivity index (χ1) is 15.6. The number of ether oxygens (including phenoxy) is 2. The number of fused-ring (bicyclic) bond motifs is 3. The lowest BCUT2D eigenvalue weighted by atomic mass is 9.79. The number of hydrogen-bond acceptors (Lipinski definition) is 4. The van der Waals surface area contributed by atoms with Gasteiger partial charge in [0.25, 0.3) is 0 Å². The van der Waals surface area contributed by atoms with Crippen LogP contribution in [0.15, 0.2) is 12.1 Å². The van der Waals surface area contributed by atoms with Crippen LogP contribution in [0, 0.1) is 11.8 Å². The van der Waals surface area contributed by atoms with E-state index in [4.69, 9.17) is 24.6 Å².